The molecule has 0 aliphatic rings. The smallest absolute Gasteiger partial charge is 0.259 e. The molecule has 0 aliphatic heterocycles. The van der Waals surface area contributed by atoms with Crippen LogP contribution in [0.15, 0.2) is 42.5 Å². The fraction of sp³-hybridized carbons (Fsp3) is 0. The van der Waals surface area contributed by atoms with Gasteiger partial charge in [0, 0.05) is 11.3 Å². The van der Waals surface area contributed by atoms with E-state index in [1.54, 1.807) is 0 Å². The summed E-state index contributed by atoms with van der Waals surface area (Å²) in [6.45, 7) is 0. The summed E-state index contributed by atoms with van der Waals surface area (Å²) in [5.41, 5.74) is 0.846. The molecule has 0 unspecified atom stereocenters. The predicted octanol–water partition coefficient (Wildman–Crippen LogP) is 2.16. The van der Waals surface area contributed by atoms with Gasteiger partial charge >= 0.3 is 0 Å². The van der Waals surface area contributed by atoms with Crippen LogP contribution in [0.25, 0.3) is 0 Å². The highest BCUT2D eigenvalue weighted by Crippen LogP contribution is 2.20. The number of rotatable bonds is 3. The molecule has 0 radical (unpaired) electrons. The summed E-state index contributed by atoms with van der Waals surface area (Å²) in [4.78, 5) is 22.4. The molecule has 0 heterocycles. The Bertz CT molecular complexity index is 620. The van der Waals surface area contributed by atoms with Gasteiger partial charge in [-0.1, -0.05) is 6.07 Å². The molecule has 2 rings (SSSR count). The fourth-order valence-corrected chi connectivity index (χ4v) is 1.56. The minimum atomic E-state index is -0.499. The van der Waals surface area contributed by atoms with E-state index in [9.17, 15) is 14.7 Å². The predicted molar refractivity (Wildman–Crippen MR) is 69.6 cm³/mol. The van der Waals surface area contributed by atoms with Crippen molar-refractivity contribution in [1.29, 1.82) is 0 Å². The Morgan fingerprint density at radius 3 is 2.32 bits per heavy atom. The Kier molecular flexibility index (Phi) is 3.47. The number of nitrogens with one attached hydrogen (secondary N) is 1. The van der Waals surface area contributed by atoms with Gasteiger partial charge < -0.3 is 15.5 Å². The summed E-state index contributed by atoms with van der Waals surface area (Å²) >= 11 is 0. The zero-order valence-corrected chi connectivity index (χ0v) is 9.83. The number of benzene rings is 2. The van der Waals surface area contributed by atoms with Gasteiger partial charge in [-0.2, -0.15) is 0 Å². The number of aldehydes is 1. The number of amides is 1. The molecule has 3 N–H and O–H groups in total. The van der Waals surface area contributed by atoms with Gasteiger partial charge in [0.15, 0.2) is 0 Å². The third kappa shape index (κ3) is 2.90. The van der Waals surface area contributed by atoms with Gasteiger partial charge in [0.1, 0.15) is 17.8 Å². The Labute approximate surface area is 109 Å². The van der Waals surface area contributed by atoms with E-state index in [0.29, 0.717) is 17.5 Å². The first kappa shape index (κ1) is 12.6. The van der Waals surface area contributed by atoms with E-state index in [1.165, 1.54) is 42.5 Å². The minimum Gasteiger partial charge on any atom is -0.508 e. The summed E-state index contributed by atoms with van der Waals surface area (Å²) in [6.07, 6.45) is 0.585. The Balaban J connectivity index is 2.20. The standard InChI is InChI=1S/C14H11NO4/c16-8-9-1-6-12(13(18)7-9)14(19)15-10-2-4-11(17)5-3-10/h1-8,17-18H,(H,15,19). The van der Waals surface area contributed by atoms with Crippen molar-refractivity contribution in [2.45, 2.75) is 0 Å². The highest BCUT2D eigenvalue weighted by atomic mass is 16.3. The van der Waals surface area contributed by atoms with E-state index in [2.05, 4.69) is 5.32 Å². The molecular weight excluding hydrogens is 246 g/mol. The normalized spacial score (nSPS) is 9.89. The first-order chi connectivity index (χ1) is 9.10. The van der Waals surface area contributed by atoms with E-state index in [1.807, 2.05) is 0 Å². The molecule has 0 fully saturated rings. The van der Waals surface area contributed by atoms with Gasteiger partial charge in [-0.25, -0.2) is 0 Å². The molecule has 96 valence electrons. The molecule has 5 heteroatoms. The number of hydrogen-bond donors (Lipinski definition) is 3. The molecule has 5 nitrogen and oxygen atoms in total. The molecule has 2 aromatic rings. The second kappa shape index (κ2) is 5.22. The number of carbonyl (C=O) groups is 2. The zero-order chi connectivity index (χ0) is 13.8. The number of phenolic OH excluding ortho intramolecular Hbond substituents is 2. The van der Waals surface area contributed by atoms with Gasteiger partial charge in [-0.05, 0) is 36.4 Å². The maximum atomic E-state index is 11.9. The minimum absolute atomic E-state index is 0.0682. The Morgan fingerprint density at radius 1 is 1.05 bits per heavy atom. The summed E-state index contributed by atoms with van der Waals surface area (Å²) < 4.78 is 0. The molecule has 19 heavy (non-hydrogen) atoms. The molecule has 0 bridgehead atoms. The second-order valence-corrected chi connectivity index (χ2v) is 3.90. The lowest BCUT2D eigenvalue weighted by Gasteiger charge is -2.07. The summed E-state index contributed by atoms with van der Waals surface area (Å²) in [5, 5.41) is 21.3. The van der Waals surface area contributed by atoms with Gasteiger partial charge in [0.25, 0.3) is 5.91 Å². The van der Waals surface area contributed by atoms with Crippen LogP contribution in [0.5, 0.6) is 11.5 Å². The zero-order valence-electron chi connectivity index (χ0n) is 9.83. The van der Waals surface area contributed by atoms with Crippen molar-refractivity contribution in [3.05, 3.63) is 53.6 Å². The largest absolute Gasteiger partial charge is 0.508 e. The second-order valence-electron chi connectivity index (χ2n) is 3.90. The van der Waals surface area contributed by atoms with Gasteiger partial charge in [-0.15, -0.1) is 0 Å². The van der Waals surface area contributed by atoms with Crippen LogP contribution in [0.1, 0.15) is 20.7 Å². The lowest BCUT2D eigenvalue weighted by molar-refractivity contribution is 0.102. The van der Waals surface area contributed by atoms with E-state index >= 15 is 0 Å². The molecule has 0 spiro atoms. The monoisotopic (exact) mass is 257 g/mol. The maximum Gasteiger partial charge on any atom is 0.259 e. The average molecular weight is 257 g/mol. The number of hydrogen-bond acceptors (Lipinski definition) is 4. The fourth-order valence-electron chi connectivity index (χ4n) is 1.56. The highest BCUT2D eigenvalue weighted by Gasteiger charge is 2.11. The van der Waals surface area contributed by atoms with Crippen LogP contribution in [0.4, 0.5) is 5.69 Å². The molecule has 2 aromatic carbocycles. The molecule has 1 amide bonds. The lowest BCUT2D eigenvalue weighted by Crippen LogP contribution is -2.12. The number of carbonyl (C=O) groups excluding carboxylic acids is 2. The van der Waals surface area contributed by atoms with E-state index in [-0.39, 0.29) is 17.1 Å². The van der Waals surface area contributed by atoms with Crippen LogP contribution in [-0.2, 0) is 0 Å². The Hall–Kier alpha value is -2.82. The maximum absolute atomic E-state index is 11.9. The van der Waals surface area contributed by atoms with E-state index in [0.717, 1.165) is 0 Å². The van der Waals surface area contributed by atoms with Gasteiger partial charge in [-0.3, -0.25) is 9.59 Å². The molecular formula is C14H11NO4. The van der Waals surface area contributed by atoms with Crippen molar-refractivity contribution in [3.8, 4) is 11.5 Å². The highest BCUT2D eigenvalue weighted by molar-refractivity contribution is 6.06. The average Bonchev–Trinajstić information content (AvgIpc) is 2.41. The van der Waals surface area contributed by atoms with Gasteiger partial charge in [0.05, 0.1) is 5.56 Å². The first-order valence-electron chi connectivity index (χ1n) is 5.49. The van der Waals surface area contributed by atoms with Crippen molar-refractivity contribution in [2.24, 2.45) is 0 Å². The summed E-state index contributed by atoms with van der Waals surface area (Å²) in [6, 6.07) is 9.97. The third-order valence-corrected chi connectivity index (χ3v) is 2.53. The molecule has 0 aliphatic carbocycles. The molecule has 0 atom stereocenters. The van der Waals surface area contributed by atoms with Crippen molar-refractivity contribution >= 4 is 17.9 Å². The number of phenols is 2. The van der Waals surface area contributed by atoms with Crippen LogP contribution in [-0.4, -0.2) is 22.4 Å². The summed E-state index contributed by atoms with van der Waals surface area (Å²) in [7, 11) is 0. The van der Waals surface area contributed by atoms with Crippen LogP contribution in [0.2, 0.25) is 0 Å². The van der Waals surface area contributed by atoms with Crippen LogP contribution in [0, 0.1) is 0 Å². The number of aromatic hydroxyl groups is 2. The number of anilines is 1. The van der Waals surface area contributed by atoms with E-state index in [4.69, 9.17) is 5.11 Å². The van der Waals surface area contributed by atoms with Gasteiger partial charge in [0.2, 0.25) is 0 Å². The first-order valence-corrected chi connectivity index (χ1v) is 5.49. The van der Waals surface area contributed by atoms with Crippen molar-refractivity contribution in [3.63, 3.8) is 0 Å². The molecule has 0 saturated carbocycles. The van der Waals surface area contributed by atoms with Crippen LogP contribution < -0.4 is 5.32 Å². The summed E-state index contributed by atoms with van der Waals surface area (Å²) in [5.74, 6) is -0.669. The SMILES string of the molecule is O=Cc1ccc(C(=O)Nc2ccc(O)cc2)c(O)c1. The van der Waals surface area contributed by atoms with Crippen molar-refractivity contribution in [1.82, 2.24) is 0 Å². The van der Waals surface area contributed by atoms with Crippen LogP contribution >= 0.6 is 0 Å². The van der Waals surface area contributed by atoms with Crippen molar-refractivity contribution < 1.29 is 19.8 Å². The quantitative estimate of drug-likeness (QED) is 0.581. The topological polar surface area (TPSA) is 86.6 Å². The molecule has 0 saturated heterocycles. The van der Waals surface area contributed by atoms with Crippen LogP contribution in [0.3, 0.4) is 0 Å². The van der Waals surface area contributed by atoms with Crippen molar-refractivity contribution in [2.75, 3.05) is 5.32 Å². The lowest BCUT2D eigenvalue weighted by atomic mass is 10.1. The van der Waals surface area contributed by atoms with E-state index < -0.39 is 5.91 Å². The Morgan fingerprint density at radius 2 is 1.74 bits per heavy atom. The third-order valence-electron chi connectivity index (χ3n) is 2.53. The molecule has 0 aromatic heterocycles.